The van der Waals surface area contributed by atoms with Crippen molar-refractivity contribution in [1.29, 1.82) is 0 Å². The van der Waals surface area contributed by atoms with Gasteiger partial charge in [-0.15, -0.1) is 0 Å². The molecule has 2 aromatic carbocycles. The molecule has 218 valence electrons. The van der Waals surface area contributed by atoms with Gasteiger partial charge >= 0.3 is 5.69 Å². The van der Waals surface area contributed by atoms with E-state index in [1.54, 1.807) is 0 Å². The van der Waals surface area contributed by atoms with Gasteiger partial charge in [-0.2, -0.15) is 0 Å². The largest absolute Gasteiger partial charge is 0.493 e. The van der Waals surface area contributed by atoms with E-state index in [9.17, 15) is 15.0 Å². The van der Waals surface area contributed by atoms with Gasteiger partial charge in [0.25, 0.3) is 0 Å². The lowest BCUT2D eigenvalue weighted by Gasteiger charge is -2.33. The lowest BCUT2D eigenvalue weighted by atomic mass is 10.0. The molecular weight excluding hydrogens is 510 g/mol. The van der Waals surface area contributed by atoms with Gasteiger partial charge in [0.1, 0.15) is 5.75 Å². The molecule has 4 rings (SSSR count). The molecule has 0 saturated carbocycles. The Morgan fingerprint density at radius 3 is 2.55 bits per heavy atom. The maximum absolute atomic E-state index is 11.8. The SMILES string of the molecule is CC1(C)OCc2cc([C@@H](O)CNCCCCCCOCCCCc3ccc(-n4c(O)c[nH]c4=O)cc3)ccc2O1. The van der Waals surface area contributed by atoms with Crippen molar-refractivity contribution in [3.63, 3.8) is 0 Å². The summed E-state index contributed by atoms with van der Waals surface area (Å²) in [5.41, 5.74) is 3.33. The predicted octanol–water partition coefficient (Wildman–Crippen LogP) is 4.74. The number of aryl methyl sites for hydroxylation is 1. The van der Waals surface area contributed by atoms with Crippen LogP contribution in [0.3, 0.4) is 0 Å². The molecule has 2 heterocycles. The number of ether oxygens (including phenoxy) is 3. The fraction of sp³-hybridized carbons (Fsp3) is 0.516. The van der Waals surface area contributed by atoms with Crippen molar-refractivity contribution < 1.29 is 24.4 Å². The Balaban J connectivity index is 0.975. The van der Waals surface area contributed by atoms with Gasteiger partial charge in [-0.3, -0.25) is 0 Å². The van der Waals surface area contributed by atoms with Crippen LogP contribution in [-0.2, 0) is 22.5 Å². The molecule has 0 fully saturated rings. The number of hydrogen-bond acceptors (Lipinski definition) is 7. The molecule has 0 amide bonds. The second-order valence-electron chi connectivity index (χ2n) is 10.8. The third kappa shape index (κ3) is 8.69. The standard InChI is InChI=1S/C31H43N3O6/c1-31(2)39-22-25-19-24(12-15-28(25)40-31)27(35)20-32-16-6-3-4-7-17-38-18-8-5-9-23-10-13-26(14-11-23)34-29(36)21-33-30(34)37/h10-15,19,21,27,32,35-36H,3-9,16-18,20,22H2,1-2H3,(H,33,37)/t27-/m0/s1. The number of rotatable bonds is 16. The monoisotopic (exact) mass is 553 g/mol. The number of H-pyrrole nitrogens is 1. The van der Waals surface area contributed by atoms with E-state index in [1.807, 2.05) is 56.3 Å². The number of aromatic nitrogens is 2. The molecule has 0 radical (unpaired) electrons. The van der Waals surface area contributed by atoms with Crippen LogP contribution in [0.4, 0.5) is 0 Å². The molecule has 1 aliphatic rings. The molecule has 9 heteroatoms. The Morgan fingerprint density at radius 1 is 1.05 bits per heavy atom. The highest BCUT2D eigenvalue weighted by molar-refractivity contribution is 5.39. The average molecular weight is 554 g/mol. The molecule has 1 atom stereocenters. The van der Waals surface area contributed by atoms with E-state index in [1.165, 1.54) is 16.3 Å². The number of benzene rings is 2. The minimum Gasteiger partial charge on any atom is -0.493 e. The van der Waals surface area contributed by atoms with Crippen LogP contribution in [0.25, 0.3) is 5.69 Å². The summed E-state index contributed by atoms with van der Waals surface area (Å²) in [4.78, 5) is 14.2. The zero-order valence-electron chi connectivity index (χ0n) is 23.7. The molecule has 4 N–H and O–H groups in total. The first kappa shape index (κ1) is 29.9. The Bertz CT molecular complexity index is 1250. The normalized spacial score (nSPS) is 15.0. The van der Waals surface area contributed by atoms with E-state index >= 15 is 0 Å². The van der Waals surface area contributed by atoms with Gasteiger partial charge in [0.05, 0.1) is 24.6 Å². The molecule has 0 saturated heterocycles. The number of aromatic amines is 1. The van der Waals surface area contributed by atoms with Crippen molar-refractivity contribution >= 4 is 0 Å². The first-order chi connectivity index (χ1) is 19.3. The second-order valence-corrected chi connectivity index (χ2v) is 10.8. The van der Waals surface area contributed by atoms with Gasteiger partial charge in [0, 0.05) is 39.2 Å². The number of aromatic hydroxyl groups is 1. The predicted molar refractivity (Wildman–Crippen MR) is 154 cm³/mol. The number of nitrogens with one attached hydrogen (secondary N) is 2. The first-order valence-corrected chi connectivity index (χ1v) is 14.3. The molecule has 40 heavy (non-hydrogen) atoms. The van der Waals surface area contributed by atoms with Crippen LogP contribution in [0.2, 0.25) is 0 Å². The van der Waals surface area contributed by atoms with E-state index in [-0.39, 0.29) is 11.6 Å². The van der Waals surface area contributed by atoms with Crippen LogP contribution >= 0.6 is 0 Å². The van der Waals surface area contributed by atoms with Gasteiger partial charge in [-0.05, 0) is 74.0 Å². The highest BCUT2D eigenvalue weighted by atomic mass is 16.7. The van der Waals surface area contributed by atoms with Gasteiger partial charge in [0.15, 0.2) is 0 Å². The molecule has 1 aliphatic heterocycles. The van der Waals surface area contributed by atoms with Crippen LogP contribution < -0.4 is 15.7 Å². The lowest BCUT2D eigenvalue weighted by Crippen LogP contribution is -2.35. The van der Waals surface area contributed by atoms with E-state index in [0.717, 1.165) is 81.6 Å². The van der Waals surface area contributed by atoms with Crippen molar-refractivity contribution in [3.05, 3.63) is 75.8 Å². The van der Waals surface area contributed by atoms with Crippen LogP contribution in [-0.4, -0.2) is 51.9 Å². The number of hydrogen-bond donors (Lipinski definition) is 4. The first-order valence-electron chi connectivity index (χ1n) is 14.3. The number of aliphatic hydroxyl groups excluding tert-OH is 1. The minimum absolute atomic E-state index is 0.0970. The van der Waals surface area contributed by atoms with Gasteiger partial charge in [0.2, 0.25) is 11.7 Å². The fourth-order valence-corrected chi connectivity index (χ4v) is 4.79. The average Bonchev–Trinajstić information content (AvgIpc) is 3.28. The number of aliphatic hydroxyl groups is 1. The molecule has 3 aromatic rings. The highest BCUT2D eigenvalue weighted by Gasteiger charge is 2.27. The molecule has 9 nitrogen and oxygen atoms in total. The zero-order valence-corrected chi connectivity index (χ0v) is 23.7. The maximum atomic E-state index is 11.8. The van der Waals surface area contributed by atoms with E-state index in [0.29, 0.717) is 18.8 Å². The Labute approximate surface area is 236 Å². The van der Waals surface area contributed by atoms with Crippen molar-refractivity contribution in [1.82, 2.24) is 14.9 Å². The van der Waals surface area contributed by atoms with Gasteiger partial charge in [-0.1, -0.05) is 31.0 Å². The molecule has 0 aliphatic carbocycles. The van der Waals surface area contributed by atoms with Crippen molar-refractivity contribution in [2.24, 2.45) is 0 Å². The molecule has 0 bridgehead atoms. The van der Waals surface area contributed by atoms with Crippen molar-refractivity contribution in [3.8, 4) is 17.3 Å². The summed E-state index contributed by atoms with van der Waals surface area (Å²) in [7, 11) is 0. The topological polar surface area (TPSA) is 118 Å². The molecule has 0 unspecified atom stereocenters. The van der Waals surface area contributed by atoms with E-state index < -0.39 is 11.9 Å². The van der Waals surface area contributed by atoms with Crippen LogP contribution in [0, 0.1) is 0 Å². The zero-order chi connectivity index (χ0) is 28.4. The third-order valence-corrected chi connectivity index (χ3v) is 7.09. The summed E-state index contributed by atoms with van der Waals surface area (Å²) in [6, 6.07) is 13.5. The minimum atomic E-state index is -0.613. The number of unbranched alkanes of at least 4 members (excludes halogenated alkanes) is 4. The quantitative estimate of drug-likeness (QED) is 0.189. The van der Waals surface area contributed by atoms with Gasteiger partial charge in [-0.25, -0.2) is 9.36 Å². The molecular formula is C31H43N3O6. The summed E-state index contributed by atoms with van der Waals surface area (Å²) in [5, 5.41) is 23.7. The summed E-state index contributed by atoms with van der Waals surface area (Å²) in [6.07, 6.45) is 8.13. The summed E-state index contributed by atoms with van der Waals surface area (Å²) < 4.78 is 18.5. The van der Waals surface area contributed by atoms with Gasteiger partial charge < -0.3 is 34.7 Å². The Hall–Kier alpha value is -3.11. The third-order valence-electron chi connectivity index (χ3n) is 7.09. The van der Waals surface area contributed by atoms with Crippen LogP contribution in [0.15, 0.2) is 53.5 Å². The highest BCUT2D eigenvalue weighted by Crippen LogP contribution is 2.32. The maximum Gasteiger partial charge on any atom is 0.333 e. The Kier molecular flexibility index (Phi) is 10.8. The fourth-order valence-electron chi connectivity index (χ4n) is 4.79. The molecule has 1 aromatic heterocycles. The summed E-state index contributed by atoms with van der Waals surface area (Å²) in [5.74, 6) is 0.112. The smallest absolute Gasteiger partial charge is 0.333 e. The van der Waals surface area contributed by atoms with Crippen LogP contribution in [0.1, 0.15) is 75.2 Å². The van der Waals surface area contributed by atoms with Crippen molar-refractivity contribution in [2.75, 3.05) is 26.3 Å². The summed E-state index contributed by atoms with van der Waals surface area (Å²) >= 11 is 0. The summed E-state index contributed by atoms with van der Waals surface area (Å²) in [6.45, 7) is 7.24. The number of fused-ring (bicyclic) bond motifs is 1. The second kappa shape index (κ2) is 14.5. The number of nitrogens with zero attached hydrogens (tertiary/aromatic N) is 1. The Morgan fingerprint density at radius 2 is 1.80 bits per heavy atom. The lowest BCUT2D eigenvalue weighted by molar-refractivity contribution is -0.180. The van der Waals surface area contributed by atoms with Crippen LogP contribution in [0.5, 0.6) is 11.6 Å². The van der Waals surface area contributed by atoms with Crippen molar-refractivity contribution in [2.45, 2.75) is 77.3 Å². The van der Waals surface area contributed by atoms with E-state index in [4.69, 9.17) is 14.2 Å². The number of imidazole rings is 1. The molecule has 0 spiro atoms. The van der Waals surface area contributed by atoms with E-state index in [2.05, 4.69) is 10.3 Å².